The normalized spacial score (nSPS) is 24.2. The van der Waals surface area contributed by atoms with Gasteiger partial charge in [0.15, 0.2) is 5.78 Å². The zero-order valence-corrected chi connectivity index (χ0v) is 8.14. The molecule has 1 aliphatic rings. The van der Waals surface area contributed by atoms with Crippen LogP contribution in [0.3, 0.4) is 0 Å². The highest BCUT2D eigenvalue weighted by Crippen LogP contribution is 2.26. The molecule has 0 bridgehead atoms. The van der Waals surface area contributed by atoms with E-state index in [2.05, 4.69) is 12.6 Å². The average Bonchev–Trinajstić information content (AvgIpc) is 2.13. The van der Waals surface area contributed by atoms with Crippen molar-refractivity contribution in [1.82, 2.24) is 0 Å². The predicted molar refractivity (Wildman–Crippen MR) is 53.1 cm³/mol. The van der Waals surface area contributed by atoms with E-state index >= 15 is 0 Å². The van der Waals surface area contributed by atoms with Crippen molar-refractivity contribution in [2.45, 2.75) is 19.4 Å². The molecule has 0 saturated carbocycles. The minimum atomic E-state index is -0.825. The number of Topliss-reactive ketones (excluding diaryl/α,β-unsaturated/α-hetero) is 1. The number of aliphatic hydroxyl groups is 1. The molecule has 1 aliphatic carbocycles. The molecule has 1 atom stereocenters. The summed E-state index contributed by atoms with van der Waals surface area (Å²) in [4.78, 5) is 11.7. The summed E-state index contributed by atoms with van der Waals surface area (Å²) in [5, 5.41) is 9.47. The van der Waals surface area contributed by atoms with E-state index in [1.165, 1.54) is 0 Å². The van der Waals surface area contributed by atoms with Gasteiger partial charge in [-0.1, -0.05) is 6.92 Å². The third-order valence-electron chi connectivity index (χ3n) is 2.04. The van der Waals surface area contributed by atoms with E-state index in [1.54, 1.807) is 6.92 Å². The fraction of sp³-hybridized carbons (Fsp3) is 0.375. The van der Waals surface area contributed by atoms with Crippen molar-refractivity contribution in [2.75, 3.05) is 0 Å². The Hall–Kier alpha value is -0.940. The summed E-state index contributed by atoms with van der Waals surface area (Å²) >= 11 is 3.96. The molecule has 0 aromatic heterocycles. The second-order valence-corrected chi connectivity index (χ2v) is 3.30. The van der Waals surface area contributed by atoms with Gasteiger partial charge in [0, 0.05) is 10.5 Å². The zero-order chi connectivity index (χ0) is 10.2. The molecular weight excluding hydrogens is 188 g/mol. The van der Waals surface area contributed by atoms with Crippen LogP contribution in [0.2, 0.25) is 0 Å². The Morgan fingerprint density at radius 1 is 1.62 bits per heavy atom. The summed E-state index contributed by atoms with van der Waals surface area (Å²) in [5.41, 5.74) is 11.4. The van der Waals surface area contributed by atoms with Gasteiger partial charge in [-0.15, -0.1) is 12.6 Å². The number of ketones is 1. The molecular formula is C8H12N2O2S. The molecule has 5 N–H and O–H groups in total. The van der Waals surface area contributed by atoms with Gasteiger partial charge >= 0.3 is 0 Å². The number of aliphatic hydroxyl groups excluding tert-OH is 1. The standard InChI is InChI=1S/C8H12N2O2S/c1-2-3-6(11)4(9)8(13)5(10)7(3)12/h4,12-13H,2,9-10H2,1H3. The number of rotatable bonds is 1. The summed E-state index contributed by atoms with van der Waals surface area (Å²) in [6.45, 7) is 1.76. The SMILES string of the molecule is CCC1=C(O)C(N)=C(S)C(N)C1=O. The lowest BCUT2D eigenvalue weighted by atomic mass is 9.94. The van der Waals surface area contributed by atoms with E-state index < -0.39 is 6.04 Å². The van der Waals surface area contributed by atoms with Crippen LogP contribution in [0.1, 0.15) is 13.3 Å². The van der Waals surface area contributed by atoms with Crippen LogP contribution in [-0.2, 0) is 4.79 Å². The van der Waals surface area contributed by atoms with Crippen LogP contribution in [0.4, 0.5) is 0 Å². The molecule has 1 unspecified atom stereocenters. The summed E-state index contributed by atoms with van der Waals surface area (Å²) < 4.78 is 0. The number of carbonyl (C=O) groups excluding carboxylic acids is 1. The monoisotopic (exact) mass is 200 g/mol. The molecule has 72 valence electrons. The van der Waals surface area contributed by atoms with Crippen LogP contribution < -0.4 is 11.5 Å². The molecule has 0 amide bonds. The fourth-order valence-corrected chi connectivity index (χ4v) is 1.44. The van der Waals surface area contributed by atoms with Crippen molar-refractivity contribution in [3.05, 3.63) is 21.9 Å². The van der Waals surface area contributed by atoms with Crippen molar-refractivity contribution < 1.29 is 9.90 Å². The zero-order valence-electron chi connectivity index (χ0n) is 7.24. The molecule has 0 spiro atoms. The Morgan fingerprint density at radius 3 is 2.62 bits per heavy atom. The summed E-state index contributed by atoms with van der Waals surface area (Å²) in [6, 6.07) is -0.825. The van der Waals surface area contributed by atoms with Crippen LogP contribution in [0.25, 0.3) is 0 Å². The van der Waals surface area contributed by atoms with Crippen LogP contribution >= 0.6 is 12.6 Å². The van der Waals surface area contributed by atoms with E-state index in [9.17, 15) is 9.90 Å². The molecule has 13 heavy (non-hydrogen) atoms. The number of nitrogens with two attached hydrogens (primary N) is 2. The maximum absolute atomic E-state index is 11.4. The van der Waals surface area contributed by atoms with Gasteiger partial charge in [0.2, 0.25) is 0 Å². The molecule has 0 heterocycles. The van der Waals surface area contributed by atoms with Gasteiger partial charge in [-0.25, -0.2) is 0 Å². The second-order valence-electron chi connectivity index (χ2n) is 2.82. The lowest BCUT2D eigenvalue weighted by Crippen LogP contribution is -2.37. The van der Waals surface area contributed by atoms with E-state index in [-0.39, 0.29) is 27.7 Å². The molecule has 0 aliphatic heterocycles. The van der Waals surface area contributed by atoms with E-state index in [4.69, 9.17) is 11.5 Å². The maximum Gasteiger partial charge on any atom is 0.184 e. The first-order chi connectivity index (χ1) is 6.00. The third-order valence-corrected chi connectivity index (χ3v) is 2.56. The van der Waals surface area contributed by atoms with E-state index in [0.717, 1.165) is 0 Å². The molecule has 0 aromatic carbocycles. The van der Waals surface area contributed by atoms with Crippen molar-refractivity contribution in [3.63, 3.8) is 0 Å². The highest BCUT2D eigenvalue weighted by atomic mass is 32.1. The first kappa shape index (κ1) is 10.1. The first-order valence-electron chi connectivity index (χ1n) is 3.91. The lowest BCUT2D eigenvalue weighted by Gasteiger charge is -2.21. The Morgan fingerprint density at radius 2 is 2.15 bits per heavy atom. The summed E-state index contributed by atoms with van der Waals surface area (Å²) in [5.74, 6) is -0.488. The Balaban J connectivity index is 3.27. The summed E-state index contributed by atoms with van der Waals surface area (Å²) in [7, 11) is 0. The lowest BCUT2D eigenvalue weighted by molar-refractivity contribution is -0.116. The van der Waals surface area contributed by atoms with Gasteiger partial charge < -0.3 is 16.6 Å². The van der Waals surface area contributed by atoms with Crippen LogP contribution in [0, 0.1) is 0 Å². The number of hydrogen-bond acceptors (Lipinski definition) is 5. The third kappa shape index (κ3) is 1.45. The number of thiol groups is 1. The topological polar surface area (TPSA) is 89.3 Å². The molecule has 0 radical (unpaired) electrons. The first-order valence-corrected chi connectivity index (χ1v) is 4.36. The number of hydrogen-bond donors (Lipinski definition) is 4. The Kier molecular flexibility index (Phi) is 2.68. The van der Waals surface area contributed by atoms with Crippen molar-refractivity contribution in [3.8, 4) is 0 Å². The summed E-state index contributed by atoms with van der Waals surface area (Å²) in [6.07, 6.45) is 0.417. The van der Waals surface area contributed by atoms with Gasteiger partial charge in [0.05, 0.1) is 5.70 Å². The van der Waals surface area contributed by atoms with Gasteiger partial charge in [0.1, 0.15) is 11.8 Å². The van der Waals surface area contributed by atoms with Crippen molar-refractivity contribution >= 4 is 18.4 Å². The second kappa shape index (κ2) is 3.43. The molecule has 0 saturated heterocycles. The molecule has 4 nitrogen and oxygen atoms in total. The molecule has 0 fully saturated rings. The smallest absolute Gasteiger partial charge is 0.184 e. The minimum Gasteiger partial charge on any atom is -0.505 e. The van der Waals surface area contributed by atoms with Crippen LogP contribution in [0.15, 0.2) is 21.9 Å². The van der Waals surface area contributed by atoms with Crippen molar-refractivity contribution in [2.24, 2.45) is 11.5 Å². The van der Waals surface area contributed by atoms with Crippen molar-refractivity contribution in [1.29, 1.82) is 0 Å². The Labute approximate surface area is 81.7 Å². The van der Waals surface area contributed by atoms with E-state index in [0.29, 0.717) is 6.42 Å². The van der Waals surface area contributed by atoms with Crippen LogP contribution in [0.5, 0.6) is 0 Å². The molecule has 1 rings (SSSR count). The largest absolute Gasteiger partial charge is 0.505 e. The van der Waals surface area contributed by atoms with E-state index in [1.807, 2.05) is 0 Å². The Bertz CT molecular complexity index is 320. The highest BCUT2D eigenvalue weighted by Gasteiger charge is 2.30. The van der Waals surface area contributed by atoms with Crippen LogP contribution in [-0.4, -0.2) is 16.9 Å². The van der Waals surface area contributed by atoms with Gasteiger partial charge in [-0.2, -0.15) is 0 Å². The molecule has 5 heteroatoms. The number of carbonyl (C=O) groups is 1. The quantitative estimate of drug-likeness (QED) is 0.456. The predicted octanol–water partition coefficient (Wildman–Crippen LogP) is 0.219. The maximum atomic E-state index is 11.4. The average molecular weight is 200 g/mol. The van der Waals surface area contributed by atoms with Gasteiger partial charge in [-0.05, 0) is 6.42 Å². The molecule has 0 aromatic rings. The fourth-order valence-electron chi connectivity index (χ4n) is 1.22. The van der Waals surface area contributed by atoms with Gasteiger partial charge in [-0.3, -0.25) is 4.79 Å². The highest BCUT2D eigenvalue weighted by molar-refractivity contribution is 7.84. The minimum absolute atomic E-state index is 0.104. The van der Waals surface area contributed by atoms with Gasteiger partial charge in [0.25, 0.3) is 0 Å².